The molecular formula is C19H23N7O. The number of hydrogen-bond donors (Lipinski definition) is 2. The number of hydrogen-bond acceptors (Lipinski definition) is 8. The summed E-state index contributed by atoms with van der Waals surface area (Å²) in [7, 11) is 2.16. The van der Waals surface area contributed by atoms with Crippen LogP contribution in [0, 0.1) is 0 Å². The minimum atomic E-state index is 0.449. The van der Waals surface area contributed by atoms with Crippen LogP contribution in [0.1, 0.15) is 5.76 Å². The maximum Gasteiger partial charge on any atom is 0.245 e. The minimum Gasteiger partial charge on any atom is -0.467 e. The van der Waals surface area contributed by atoms with Gasteiger partial charge in [-0.05, 0) is 43.4 Å². The number of nitrogens with zero attached hydrogens (tertiary/aromatic N) is 5. The highest BCUT2D eigenvalue weighted by molar-refractivity contribution is 5.61. The Morgan fingerprint density at radius 2 is 1.89 bits per heavy atom. The zero-order valence-electron chi connectivity index (χ0n) is 15.3. The molecule has 3 aromatic rings. The van der Waals surface area contributed by atoms with Crippen LogP contribution < -0.4 is 15.5 Å². The molecule has 8 heteroatoms. The smallest absolute Gasteiger partial charge is 0.245 e. The summed E-state index contributed by atoms with van der Waals surface area (Å²) in [6.07, 6.45) is 3.24. The molecular weight excluding hydrogens is 342 g/mol. The molecule has 0 saturated carbocycles. The third-order valence-corrected chi connectivity index (χ3v) is 4.57. The molecule has 2 N–H and O–H groups in total. The summed E-state index contributed by atoms with van der Waals surface area (Å²) in [5, 5.41) is 14.4. The van der Waals surface area contributed by atoms with E-state index in [1.54, 1.807) is 12.5 Å². The van der Waals surface area contributed by atoms with Gasteiger partial charge in [-0.15, -0.1) is 5.10 Å². The standard InChI is InChI=1S/C19H23N7O/c1-25-8-10-26(11-9-25)16-6-4-15(5-7-16)22-18-14-21-24-19(23-18)20-13-17-3-2-12-27-17/h2-7,12,14H,8-11,13H2,1H3,(H2,20,22,23,24). The Kier molecular flexibility index (Phi) is 5.15. The number of anilines is 4. The zero-order valence-corrected chi connectivity index (χ0v) is 15.3. The fraction of sp³-hybridized carbons (Fsp3) is 0.316. The first kappa shape index (κ1) is 17.3. The van der Waals surface area contributed by atoms with Crippen molar-refractivity contribution in [3.05, 3.63) is 54.6 Å². The summed E-state index contributed by atoms with van der Waals surface area (Å²) in [6, 6.07) is 12.1. The van der Waals surface area contributed by atoms with Crippen LogP contribution >= 0.6 is 0 Å². The van der Waals surface area contributed by atoms with Crippen molar-refractivity contribution in [2.24, 2.45) is 0 Å². The fourth-order valence-corrected chi connectivity index (χ4v) is 2.99. The van der Waals surface area contributed by atoms with Crippen LogP contribution in [0.4, 0.5) is 23.1 Å². The van der Waals surface area contributed by atoms with Gasteiger partial charge >= 0.3 is 0 Å². The van der Waals surface area contributed by atoms with Gasteiger partial charge in [-0.25, -0.2) is 0 Å². The normalized spacial score (nSPS) is 14.9. The van der Waals surface area contributed by atoms with E-state index in [1.807, 2.05) is 12.1 Å². The summed E-state index contributed by atoms with van der Waals surface area (Å²) in [5.74, 6) is 1.90. The molecule has 4 rings (SSSR count). The first-order valence-electron chi connectivity index (χ1n) is 9.03. The molecule has 8 nitrogen and oxygen atoms in total. The maximum absolute atomic E-state index is 5.29. The van der Waals surface area contributed by atoms with Gasteiger partial charge in [-0.3, -0.25) is 0 Å². The first-order valence-corrected chi connectivity index (χ1v) is 9.03. The van der Waals surface area contributed by atoms with E-state index in [-0.39, 0.29) is 0 Å². The summed E-state index contributed by atoms with van der Waals surface area (Å²) in [6.45, 7) is 4.83. The SMILES string of the molecule is CN1CCN(c2ccc(Nc3cnnc(NCc4ccco4)n3)cc2)CC1. The van der Waals surface area contributed by atoms with Crippen LogP contribution in [0.5, 0.6) is 0 Å². The maximum atomic E-state index is 5.29. The molecule has 0 amide bonds. The number of nitrogens with one attached hydrogen (secondary N) is 2. The molecule has 140 valence electrons. The van der Waals surface area contributed by atoms with Crippen molar-refractivity contribution in [3.8, 4) is 0 Å². The number of rotatable bonds is 6. The van der Waals surface area contributed by atoms with E-state index in [1.165, 1.54) is 5.69 Å². The lowest BCUT2D eigenvalue weighted by molar-refractivity contribution is 0.313. The Bertz CT molecular complexity index is 843. The van der Waals surface area contributed by atoms with Crippen LogP contribution in [0.15, 0.2) is 53.3 Å². The van der Waals surface area contributed by atoms with Crippen LogP contribution in [0.3, 0.4) is 0 Å². The van der Waals surface area contributed by atoms with E-state index in [9.17, 15) is 0 Å². The summed E-state index contributed by atoms with van der Waals surface area (Å²) in [4.78, 5) is 9.20. The number of piperazine rings is 1. The molecule has 1 aliphatic heterocycles. The van der Waals surface area contributed by atoms with Gasteiger partial charge in [0, 0.05) is 37.6 Å². The van der Waals surface area contributed by atoms with Crippen molar-refractivity contribution in [1.29, 1.82) is 0 Å². The highest BCUT2D eigenvalue weighted by atomic mass is 16.3. The lowest BCUT2D eigenvalue weighted by Crippen LogP contribution is -2.44. The molecule has 1 aromatic carbocycles. The molecule has 0 aliphatic carbocycles. The predicted octanol–water partition coefficient (Wildman–Crippen LogP) is 2.57. The monoisotopic (exact) mass is 365 g/mol. The highest BCUT2D eigenvalue weighted by Crippen LogP contribution is 2.21. The molecule has 1 fully saturated rings. The second kappa shape index (κ2) is 8.05. The summed E-state index contributed by atoms with van der Waals surface area (Å²) >= 11 is 0. The summed E-state index contributed by atoms with van der Waals surface area (Å²) < 4.78 is 5.29. The Labute approximate surface area is 158 Å². The van der Waals surface area contributed by atoms with Crippen molar-refractivity contribution in [2.75, 3.05) is 48.8 Å². The molecule has 0 spiro atoms. The van der Waals surface area contributed by atoms with Gasteiger partial charge in [0.25, 0.3) is 0 Å². The van der Waals surface area contributed by atoms with E-state index < -0.39 is 0 Å². The van der Waals surface area contributed by atoms with Gasteiger partial charge in [-0.1, -0.05) is 0 Å². The van der Waals surface area contributed by atoms with Crippen LogP contribution in [0.25, 0.3) is 0 Å². The Balaban J connectivity index is 1.36. The van der Waals surface area contributed by atoms with Crippen molar-refractivity contribution in [3.63, 3.8) is 0 Å². The average molecular weight is 365 g/mol. The average Bonchev–Trinajstić information content (AvgIpc) is 3.22. The third-order valence-electron chi connectivity index (χ3n) is 4.57. The highest BCUT2D eigenvalue weighted by Gasteiger charge is 2.14. The molecule has 1 aliphatic rings. The molecule has 0 unspecified atom stereocenters. The number of benzene rings is 1. The molecule has 0 bridgehead atoms. The van der Waals surface area contributed by atoms with E-state index in [4.69, 9.17) is 4.42 Å². The molecule has 0 radical (unpaired) electrons. The third kappa shape index (κ3) is 4.53. The van der Waals surface area contributed by atoms with Crippen molar-refractivity contribution in [1.82, 2.24) is 20.1 Å². The van der Waals surface area contributed by atoms with E-state index >= 15 is 0 Å². The van der Waals surface area contributed by atoms with Crippen molar-refractivity contribution >= 4 is 23.1 Å². The topological polar surface area (TPSA) is 82.4 Å². The summed E-state index contributed by atoms with van der Waals surface area (Å²) in [5.41, 5.74) is 2.21. The van der Waals surface area contributed by atoms with Crippen LogP contribution in [-0.4, -0.2) is 53.3 Å². The van der Waals surface area contributed by atoms with Crippen LogP contribution in [0.2, 0.25) is 0 Å². The van der Waals surface area contributed by atoms with Crippen molar-refractivity contribution in [2.45, 2.75) is 6.54 Å². The lowest BCUT2D eigenvalue weighted by Gasteiger charge is -2.34. The van der Waals surface area contributed by atoms with Gasteiger partial charge < -0.3 is 24.9 Å². The molecule has 3 heterocycles. The van der Waals surface area contributed by atoms with Crippen molar-refractivity contribution < 1.29 is 4.42 Å². The zero-order chi connectivity index (χ0) is 18.5. The Morgan fingerprint density at radius 1 is 1.07 bits per heavy atom. The van der Waals surface area contributed by atoms with Gasteiger partial charge in [-0.2, -0.15) is 10.1 Å². The largest absolute Gasteiger partial charge is 0.467 e. The fourth-order valence-electron chi connectivity index (χ4n) is 2.99. The molecule has 1 saturated heterocycles. The molecule has 0 atom stereocenters. The first-order chi connectivity index (χ1) is 13.3. The van der Waals surface area contributed by atoms with E-state index in [2.05, 4.69) is 66.9 Å². The minimum absolute atomic E-state index is 0.449. The molecule has 2 aromatic heterocycles. The van der Waals surface area contributed by atoms with Crippen LogP contribution in [-0.2, 0) is 6.54 Å². The number of likely N-dealkylation sites (N-methyl/N-ethyl adjacent to an activating group) is 1. The predicted molar refractivity (Wildman–Crippen MR) is 105 cm³/mol. The van der Waals surface area contributed by atoms with Gasteiger partial charge in [0.1, 0.15) is 5.76 Å². The van der Waals surface area contributed by atoms with Gasteiger partial charge in [0.15, 0.2) is 5.82 Å². The Hall–Kier alpha value is -3.13. The quantitative estimate of drug-likeness (QED) is 0.690. The second-order valence-corrected chi connectivity index (χ2v) is 6.56. The van der Waals surface area contributed by atoms with E-state index in [0.29, 0.717) is 18.3 Å². The number of aromatic nitrogens is 3. The lowest BCUT2D eigenvalue weighted by atomic mass is 10.2. The van der Waals surface area contributed by atoms with E-state index in [0.717, 1.165) is 37.6 Å². The second-order valence-electron chi connectivity index (χ2n) is 6.56. The number of furan rings is 1. The van der Waals surface area contributed by atoms with Gasteiger partial charge in [0.2, 0.25) is 5.95 Å². The van der Waals surface area contributed by atoms with Gasteiger partial charge in [0.05, 0.1) is 19.0 Å². The molecule has 27 heavy (non-hydrogen) atoms. The Morgan fingerprint density at radius 3 is 2.63 bits per heavy atom.